The Morgan fingerprint density at radius 3 is 3.12 bits per heavy atom. The Labute approximate surface area is 149 Å². The first kappa shape index (κ1) is 15.6. The van der Waals surface area contributed by atoms with Crippen LogP contribution in [0.1, 0.15) is 33.9 Å². The Hall–Kier alpha value is -1.87. The molecule has 2 N–H and O–H groups in total. The molecule has 2 heterocycles. The van der Waals surface area contributed by atoms with Gasteiger partial charge in [-0.15, -0.1) is 11.3 Å². The van der Waals surface area contributed by atoms with E-state index in [0.29, 0.717) is 15.6 Å². The molecule has 2 aromatic rings. The molecule has 4 nitrogen and oxygen atoms in total. The van der Waals surface area contributed by atoms with Gasteiger partial charge in [0, 0.05) is 22.4 Å². The number of benzene rings is 1. The molecule has 2 atom stereocenters. The van der Waals surface area contributed by atoms with Gasteiger partial charge in [0.2, 0.25) is 5.91 Å². The van der Waals surface area contributed by atoms with Gasteiger partial charge in [-0.2, -0.15) is 5.26 Å². The molecule has 1 fully saturated rings. The average molecular weight is 358 g/mol. The Balaban J connectivity index is 1.50. The van der Waals surface area contributed by atoms with Crippen LogP contribution in [0, 0.1) is 17.2 Å². The van der Waals surface area contributed by atoms with E-state index in [1.54, 1.807) is 0 Å². The van der Waals surface area contributed by atoms with E-state index in [2.05, 4.69) is 16.7 Å². The van der Waals surface area contributed by atoms with Gasteiger partial charge in [0.15, 0.2) is 0 Å². The van der Waals surface area contributed by atoms with E-state index < -0.39 is 0 Å². The summed E-state index contributed by atoms with van der Waals surface area (Å²) in [6.07, 6.45) is 1.68. The predicted molar refractivity (Wildman–Crippen MR) is 95.4 cm³/mol. The number of carbonyl (C=O) groups excluding carboxylic acids is 1. The highest BCUT2D eigenvalue weighted by Gasteiger charge is 2.44. The average Bonchev–Trinajstić information content (AvgIpc) is 3.31. The van der Waals surface area contributed by atoms with E-state index in [1.807, 2.05) is 24.3 Å². The van der Waals surface area contributed by atoms with E-state index in [9.17, 15) is 10.1 Å². The van der Waals surface area contributed by atoms with Gasteiger partial charge in [-0.05, 0) is 48.6 Å². The smallest absolute Gasteiger partial charge is 0.228 e. The fourth-order valence-electron chi connectivity index (χ4n) is 3.34. The molecule has 2 unspecified atom stereocenters. The molecule has 122 valence electrons. The summed E-state index contributed by atoms with van der Waals surface area (Å²) in [4.78, 5) is 13.7. The number of nitriles is 1. The normalized spacial score (nSPS) is 21.7. The molecule has 4 rings (SSSR count). The van der Waals surface area contributed by atoms with Crippen molar-refractivity contribution in [3.8, 4) is 6.07 Å². The number of rotatable bonds is 3. The zero-order chi connectivity index (χ0) is 16.7. The second-order valence-electron chi connectivity index (χ2n) is 6.24. The zero-order valence-corrected chi connectivity index (χ0v) is 14.5. The topological polar surface area (TPSA) is 64.9 Å². The molecule has 2 aliphatic rings. The van der Waals surface area contributed by atoms with Crippen molar-refractivity contribution in [3.63, 3.8) is 0 Å². The minimum Gasteiger partial charge on any atom is -0.316 e. The third kappa shape index (κ3) is 2.82. The molecular weight excluding hydrogens is 342 g/mol. The first-order valence-corrected chi connectivity index (χ1v) is 9.18. The first-order chi connectivity index (χ1) is 11.7. The Kier molecular flexibility index (Phi) is 4.05. The summed E-state index contributed by atoms with van der Waals surface area (Å²) >= 11 is 7.55. The van der Waals surface area contributed by atoms with Crippen LogP contribution in [0.4, 0.5) is 5.00 Å². The summed E-state index contributed by atoms with van der Waals surface area (Å²) in [5, 5.41) is 17.2. The molecule has 1 amide bonds. The third-order valence-corrected chi connectivity index (χ3v) is 6.06. The van der Waals surface area contributed by atoms with Gasteiger partial charge >= 0.3 is 0 Å². The van der Waals surface area contributed by atoms with Crippen LogP contribution in [-0.2, 0) is 17.8 Å². The van der Waals surface area contributed by atoms with Crippen LogP contribution in [0.25, 0.3) is 0 Å². The quantitative estimate of drug-likeness (QED) is 0.881. The number of anilines is 1. The molecule has 1 aromatic heterocycles. The number of carbonyl (C=O) groups is 1. The van der Waals surface area contributed by atoms with Crippen molar-refractivity contribution in [3.05, 3.63) is 50.9 Å². The minimum atomic E-state index is -0.0349. The zero-order valence-electron chi connectivity index (χ0n) is 12.9. The highest BCUT2D eigenvalue weighted by Crippen LogP contribution is 2.49. The Bertz CT molecular complexity index is 854. The summed E-state index contributed by atoms with van der Waals surface area (Å²) in [5.41, 5.74) is 2.85. The number of halogens is 1. The SMILES string of the molecule is N#Cc1c(NC(=O)C2CC2c2cccc(Cl)c2)sc2c1CCNC2. The van der Waals surface area contributed by atoms with Gasteiger partial charge in [0.1, 0.15) is 11.1 Å². The van der Waals surface area contributed by atoms with E-state index in [1.165, 1.54) is 11.3 Å². The molecular formula is C18H16ClN3OS. The molecule has 1 aromatic carbocycles. The van der Waals surface area contributed by atoms with E-state index in [0.717, 1.165) is 41.9 Å². The molecule has 24 heavy (non-hydrogen) atoms. The molecule has 1 aliphatic carbocycles. The number of amides is 1. The van der Waals surface area contributed by atoms with Crippen molar-refractivity contribution in [2.45, 2.75) is 25.3 Å². The second kappa shape index (κ2) is 6.21. The highest BCUT2D eigenvalue weighted by molar-refractivity contribution is 7.16. The molecule has 0 radical (unpaired) electrons. The lowest BCUT2D eigenvalue weighted by Gasteiger charge is -2.11. The predicted octanol–water partition coefficient (Wildman–Crippen LogP) is 3.66. The maximum Gasteiger partial charge on any atom is 0.228 e. The fourth-order valence-corrected chi connectivity index (χ4v) is 4.71. The number of hydrogen-bond donors (Lipinski definition) is 2. The second-order valence-corrected chi connectivity index (χ2v) is 7.78. The van der Waals surface area contributed by atoms with Crippen LogP contribution in [0.5, 0.6) is 0 Å². The Morgan fingerprint density at radius 2 is 2.33 bits per heavy atom. The van der Waals surface area contributed by atoms with Crippen LogP contribution < -0.4 is 10.6 Å². The number of hydrogen-bond acceptors (Lipinski definition) is 4. The molecule has 0 bridgehead atoms. The minimum absolute atomic E-state index is 0.00281. The van der Waals surface area contributed by atoms with Crippen molar-refractivity contribution in [1.82, 2.24) is 5.32 Å². The van der Waals surface area contributed by atoms with Crippen LogP contribution in [-0.4, -0.2) is 12.5 Å². The summed E-state index contributed by atoms with van der Waals surface area (Å²) in [7, 11) is 0. The fraction of sp³-hybridized carbons (Fsp3) is 0.333. The number of thiophene rings is 1. The third-order valence-electron chi connectivity index (χ3n) is 4.68. The Morgan fingerprint density at radius 1 is 1.46 bits per heavy atom. The van der Waals surface area contributed by atoms with Crippen LogP contribution >= 0.6 is 22.9 Å². The molecule has 1 aliphatic heterocycles. The van der Waals surface area contributed by atoms with Gasteiger partial charge in [-0.3, -0.25) is 4.79 Å². The van der Waals surface area contributed by atoms with Crippen LogP contribution in [0.15, 0.2) is 24.3 Å². The maximum absolute atomic E-state index is 12.6. The van der Waals surface area contributed by atoms with Gasteiger partial charge in [-0.25, -0.2) is 0 Å². The molecule has 0 saturated heterocycles. The summed E-state index contributed by atoms with van der Waals surface area (Å²) in [6.45, 7) is 1.66. The number of fused-ring (bicyclic) bond motifs is 1. The van der Waals surface area contributed by atoms with Crippen LogP contribution in [0.2, 0.25) is 5.02 Å². The largest absolute Gasteiger partial charge is 0.316 e. The van der Waals surface area contributed by atoms with Gasteiger partial charge in [0.25, 0.3) is 0 Å². The lowest BCUT2D eigenvalue weighted by molar-refractivity contribution is -0.117. The van der Waals surface area contributed by atoms with Crippen molar-refractivity contribution in [2.75, 3.05) is 11.9 Å². The van der Waals surface area contributed by atoms with Gasteiger partial charge in [-0.1, -0.05) is 23.7 Å². The maximum atomic E-state index is 12.6. The number of nitrogens with one attached hydrogen (secondary N) is 2. The van der Waals surface area contributed by atoms with E-state index in [4.69, 9.17) is 11.6 Å². The number of nitrogens with zero attached hydrogens (tertiary/aromatic N) is 1. The highest BCUT2D eigenvalue weighted by atomic mass is 35.5. The monoisotopic (exact) mass is 357 g/mol. The summed E-state index contributed by atoms with van der Waals surface area (Å²) in [5.74, 6) is 0.195. The van der Waals surface area contributed by atoms with Gasteiger partial charge in [0.05, 0.1) is 5.56 Å². The standard InChI is InChI=1S/C18H16ClN3OS/c19-11-3-1-2-10(6-11)13-7-14(13)17(23)22-18-15(8-20)12-4-5-21-9-16(12)24-18/h1-3,6,13-14,21H,4-5,7,9H2,(H,22,23). The summed E-state index contributed by atoms with van der Waals surface area (Å²) < 4.78 is 0. The van der Waals surface area contributed by atoms with E-state index >= 15 is 0 Å². The van der Waals surface area contributed by atoms with Crippen molar-refractivity contribution in [1.29, 1.82) is 5.26 Å². The van der Waals surface area contributed by atoms with Crippen LogP contribution in [0.3, 0.4) is 0 Å². The molecule has 6 heteroatoms. The molecule has 0 spiro atoms. The van der Waals surface area contributed by atoms with Gasteiger partial charge < -0.3 is 10.6 Å². The van der Waals surface area contributed by atoms with Crippen molar-refractivity contribution >= 4 is 33.8 Å². The van der Waals surface area contributed by atoms with Crippen molar-refractivity contribution in [2.24, 2.45) is 5.92 Å². The van der Waals surface area contributed by atoms with Crippen molar-refractivity contribution < 1.29 is 4.79 Å². The lowest BCUT2D eigenvalue weighted by atomic mass is 10.0. The summed E-state index contributed by atoms with van der Waals surface area (Å²) in [6, 6.07) is 9.96. The molecule has 1 saturated carbocycles. The van der Waals surface area contributed by atoms with E-state index in [-0.39, 0.29) is 17.7 Å². The first-order valence-electron chi connectivity index (χ1n) is 7.99. The lowest BCUT2D eigenvalue weighted by Crippen LogP contribution is -2.22.